The molecule has 4 nitrogen and oxygen atoms in total. The van der Waals surface area contributed by atoms with Gasteiger partial charge >= 0.3 is 6.03 Å². The molecule has 1 aromatic rings. The quantitative estimate of drug-likeness (QED) is 0.918. The molecule has 0 radical (unpaired) electrons. The van der Waals surface area contributed by atoms with Crippen LogP contribution < -0.4 is 10.2 Å². The lowest BCUT2D eigenvalue weighted by Gasteiger charge is -2.20. The number of nitrogens with zero attached hydrogens (tertiary/aromatic N) is 1. The highest BCUT2D eigenvalue weighted by atomic mass is 16.5. The molecule has 0 saturated carbocycles. The third-order valence-electron chi connectivity index (χ3n) is 3.73. The van der Waals surface area contributed by atoms with Gasteiger partial charge in [0.1, 0.15) is 0 Å². The summed E-state index contributed by atoms with van der Waals surface area (Å²) in [7, 11) is 1.80. The molecule has 1 fully saturated rings. The summed E-state index contributed by atoms with van der Waals surface area (Å²) in [5, 5.41) is 2.93. The van der Waals surface area contributed by atoms with Crippen LogP contribution in [-0.4, -0.2) is 32.3 Å². The topological polar surface area (TPSA) is 41.6 Å². The van der Waals surface area contributed by atoms with Gasteiger partial charge in [-0.05, 0) is 36.5 Å². The average Bonchev–Trinajstić information content (AvgIpc) is 2.97. The van der Waals surface area contributed by atoms with Crippen LogP contribution in [0.4, 0.5) is 10.5 Å². The first kappa shape index (κ1) is 14.9. The minimum absolute atomic E-state index is 0.0820. The van der Waals surface area contributed by atoms with Crippen LogP contribution in [0, 0.1) is 0 Å². The zero-order chi connectivity index (χ0) is 14.5. The Hall–Kier alpha value is -1.55. The van der Waals surface area contributed by atoms with E-state index in [1.54, 1.807) is 11.9 Å². The lowest BCUT2D eigenvalue weighted by Crippen LogP contribution is -2.40. The number of ether oxygens (including phenoxy) is 1. The summed E-state index contributed by atoms with van der Waals surface area (Å²) >= 11 is 0. The number of nitrogens with one attached hydrogen (secondary N) is 1. The van der Waals surface area contributed by atoms with Crippen molar-refractivity contribution >= 4 is 11.7 Å². The summed E-state index contributed by atoms with van der Waals surface area (Å²) < 4.78 is 5.51. The van der Waals surface area contributed by atoms with Gasteiger partial charge in [0.05, 0.1) is 6.10 Å². The van der Waals surface area contributed by atoms with Gasteiger partial charge in [0.2, 0.25) is 0 Å². The van der Waals surface area contributed by atoms with E-state index in [4.69, 9.17) is 4.74 Å². The number of rotatable bonds is 4. The number of benzene rings is 1. The molecule has 1 aliphatic rings. The van der Waals surface area contributed by atoms with Gasteiger partial charge in [0.15, 0.2) is 0 Å². The summed E-state index contributed by atoms with van der Waals surface area (Å²) in [6.45, 7) is 5.70. The molecule has 0 aliphatic carbocycles. The number of hydrogen-bond acceptors (Lipinski definition) is 2. The third-order valence-corrected chi connectivity index (χ3v) is 3.73. The van der Waals surface area contributed by atoms with Crippen LogP contribution in [0.2, 0.25) is 0 Å². The molecule has 0 unspecified atom stereocenters. The van der Waals surface area contributed by atoms with Crippen LogP contribution >= 0.6 is 0 Å². The number of hydrogen-bond donors (Lipinski definition) is 1. The first-order chi connectivity index (χ1) is 9.58. The zero-order valence-electron chi connectivity index (χ0n) is 12.6. The van der Waals surface area contributed by atoms with Crippen LogP contribution in [0.3, 0.4) is 0 Å². The second-order valence-corrected chi connectivity index (χ2v) is 5.63. The second-order valence-electron chi connectivity index (χ2n) is 5.63. The summed E-state index contributed by atoms with van der Waals surface area (Å²) in [4.78, 5) is 13.8. The molecule has 4 heteroatoms. The molecular weight excluding hydrogens is 252 g/mol. The van der Waals surface area contributed by atoms with Gasteiger partial charge in [-0.25, -0.2) is 4.79 Å². The van der Waals surface area contributed by atoms with Crippen molar-refractivity contribution in [2.45, 2.75) is 38.7 Å². The Labute approximate surface area is 121 Å². The first-order valence-electron chi connectivity index (χ1n) is 7.31. The van der Waals surface area contributed by atoms with Gasteiger partial charge in [-0.3, -0.25) is 4.90 Å². The Balaban J connectivity index is 1.93. The third kappa shape index (κ3) is 3.73. The number of anilines is 1. The molecule has 1 N–H and O–H groups in total. The summed E-state index contributed by atoms with van der Waals surface area (Å²) in [5.41, 5.74) is 2.15. The van der Waals surface area contributed by atoms with Crippen molar-refractivity contribution in [2.75, 3.05) is 25.1 Å². The minimum Gasteiger partial charge on any atom is -0.376 e. The highest BCUT2D eigenvalue weighted by Gasteiger charge is 2.18. The Bertz CT molecular complexity index is 454. The highest BCUT2D eigenvalue weighted by molar-refractivity contribution is 5.91. The monoisotopic (exact) mass is 276 g/mol. The van der Waals surface area contributed by atoms with Gasteiger partial charge in [-0.15, -0.1) is 0 Å². The van der Waals surface area contributed by atoms with Gasteiger partial charge < -0.3 is 10.1 Å². The van der Waals surface area contributed by atoms with E-state index in [1.807, 2.05) is 12.1 Å². The van der Waals surface area contributed by atoms with Crippen molar-refractivity contribution in [1.29, 1.82) is 0 Å². The molecule has 2 amide bonds. The smallest absolute Gasteiger partial charge is 0.321 e. The summed E-state index contributed by atoms with van der Waals surface area (Å²) in [6.07, 6.45) is 2.30. The number of carbonyl (C=O) groups is 1. The predicted molar refractivity (Wildman–Crippen MR) is 81.3 cm³/mol. The van der Waals surface area contributed by atoms with Crippen molar-refractivity contribution in [2.24, 2.45) is 0 Å². The van der Waals surface area contributed by atoms with E-state index < -0.39 is 0 Å². The van der Waals surface area contributed by atoms with E-state index >= 15 is 0 Å². The van der Waals surface area contributed by atoms with Crippen molar-refractivity contribution in [3.8, 4) is 0 Å². The fraction of sp³-hybridized carbons (Fsp3) is 0.562. The lowest BCUT2D eigenvalue weighted by molar-refractivity contribution is 0.111. The molecule has 0 aromatic heterocycles. The Morgan fingerprint density at radius 3 is 2.95 bits per heavy atom. The second kappa shape index (κ2) is 6.75. The molecule has 1 aromatic carbocycles. The molecule has 0 bridgehead atoms. The Morgan fingerprint density at radius 1 is 1.50 bits per heavy atom. The standard InChI is InChI=1S/C16H24N2O2/c1-12(2)13-6-4-7-14(10-13)18(3)16(19)17-11-15-8-5-9-20-15/h4,6-7,10,12,15H,5,8-9,11H2,1-3H3,(H,17,19)/t15-/m0/s1. The Kier molecular flexibility index (Phi) is 5.01. The number of amides is 2. The molecule has 1 aliphatic heterocycles. The summed E-state index contributed by atoms with van der Waals surface area (Å²) in [6, 6.07) is 8.02. The van der Waals surface area contributed by atoms with Gasteiger partial charge in [0, 0.05) is 25.9 Å². The molecule has 20 heavy (non-hydrogen) atoms. The van der Waals surface area contributed by atoms with E-state index in [0.29, 0.717) is 12.5 Å². The highest BCUT2D eigenvalue weighted by Crippen LogP contribution is 2.21. The lowest BCUT2D eigenvalue weighted by atomic mass is 10.0. The molecule has 0 spiro atoms. The SMILES string of the molecule is CC(C)c1cccc(N(C)C(=O)NC[C@@H]2CCCO2)c1. The van der Waals surface area contributed by atoms with Crippen LogP contribution in [0.15, 0.2) is 24.3 Å². The summed E-state index contributed by atoms with van der Waals surface area (Å²) in [5.74, 6) is 0.457. The van der Waals surface area contributed by atoms with Gasteiger partial charge in [-0.1, -0.05) is 26.0 Å². The molecule has 2 rings (SSSR count). The van der Waals surface area contributed by atoms with Crippen LogP contribution in [0.5, 0.6) is 0 Å². The van der Waals surface area contributed by atoms with E-state index in [9.17, 15) is 4.79 Å². The van der Waals surface area contributed by atoms with E-state index in [1.165, 1.54) is 5.56 Å². The molecular formula is C16H24N2O2. The van der Waals surface area contributed by atoms with Crippen molar-refractivity contribution < 1.29 is 9.53 Å². The molecule has 1 heterocycles. The van der Waals surface area contributed by atoms with E-state index in [0.717, 1.165) is 25.1 Å². The number of urea groups is 1. The normalized spacial score (nSPS) is 18.3. The zero-order valence-corrected chi connectivity index (χ0v) is 12.6. The molecule has 1 saturated heterocycles. The van der Waals surface area contributed by atoms with Crippen LogP contribution in [0.1, 0.15) is 38.2 Å². The fourth-order valence-corrected chi connectivity index (χ4v) is 2.33. The van der Waals surface area contributed by atoms with Crippen LogP contribution in [0.25, 0.3) is 0 Å². The molecule has 110 valence electrons. The van der Waals surface area contributed by atoms with Crippen LogP contribution in [-0.2, 0) is 4.74 Å². The largest absolute Gasteiger partial charge is 0.376 e. The fourth-order valence-electron chi connectivity index (χ4n) is 2.33. The van der Waals surface area contributed by atoms with Gasteiger partial charge in [-0.2, -0.15) is 0 Å². The van der Waals surface area contributed by atoms with E-state index in [2.05, 4.69) is 31.3 Å². The maximum atomic E-state index is 12.1. The maximum absolute atomic E-state index is 12.1. The minimum atomic E-state index is -0.0820. The first-order valence-corrected chi connectivity index (χ1v) is 7.31. The number of carbonyl (C=O) groups excluding carboxylic acids is 1. The average molecular weight is 276 g/mol. The molecule has 1 atom stereocenters. The van der Waals surface area contributed by atoms with Crippen molar-refractivity contribution in [1.82, 2.24) is 5.32 Å². The predicted octanol–water partition coefficient (Wildman–Crippen LogP) is 3.13. The van der Waals surface area contributed by atoms with Gasteiger partial charge in [0.25, 0.3) is 0 Å². The van der Waals surface area contributed by atoms with E-state index in [-0.39, 0.29) is 12.1 Å². The van der Waals surface area contributed by atoms with Crippen molar-refractivity contribution in [3.05, 3.63) is 29.8 Å². The maximum Gasteiger partial charge on any atom is 0.321 e. The Morgan fingerprint density at radius 2 is 2.30 bits per heavy atom. The van der Waals surface area contributed by atoms with Crippen molar-refractivity contribution in [3.63, 3.8) is 0 Å².